The first-order valence-corrected chi connectivity index (χ1v) is 4.48. The lowest BCUT2D eigenvalue weighted by atomic mass is 10.2. The summed E-state index contributed by atoms with van der Waals surface area (Å²) in [6.07, 6.45) is 4.79. The molecule has 2 N–H and O–H groups in total. The second-order valence-corrected chi connectivity index (χ2v) is 3.16. The van der Waals surface area contributed by atoms with Gasteiger partial charge in [-0.05, 0) is 18.6 Å². The number of H-pyrrole nitrogens is 1. The average molecular weight is 202 g/mol. The molecule has 0 aromatic carbocycles. The van der Waals surface area contributed by atoms with Crippen LogP contribution < -0.4 is 5.32 Å². The van der Waals surface area contributed by atoms with Gasteiger partial charge in [-0.15, -0.1) is 0 Å². The zero-order chi connectivity index (χ0) is 10.7. The van der Waals surface area contributed by atoms with E-state index in [0.29, 0.717) is 11.4 Å². The minimum atomic E-state index is -0.239. The van der Waals surface area contributed by atoms with Gasteiger partial charge in [0.05, 0.1) is 11.9 Å². The van der Waals surface area contributed by atoms with Crippen molar-refractivity contribution in [3.05, 3.63) is 42.0 Å². The Kier molecular flexibility index (Phi) is 2.45. The molecule has 0 bridgehead atoms. The number of aryl methyl sites for hydroxylation is 1. The zero-order valence-electron chi connectivity index (χ0n) is 8.19. The number of carbonyl (C=O) groups excluding carboxylic acids is 1. The van der Waals surface area contributed by atoms with E-state index < -0.39 is 0 Å². The van der Waals surface area contributed by atoms with Crippen LogP contribution in [0.15, 0.2) is 30.7 Å². The molecule has 0 aliphatic heterocycles. The van der Waals surface area contributed by atoms with Crippen LogP contribution in [0.2, 0.25) is 0 Å². The number of aromatic amines is 1. The lowest BCUT2D eigenvalue weighted by molar-refractivity contribution is 0.102. The minimum Gasteiger partial charge on any atom is -0.318 e. The van der Waals surface area contributed by atoms with Gasteiger partial charge in [-0.2, -0.15) is 5.10 Å². The van der Waals surface area contributed by atoms with Crippen molar-refractivity contribution in [3.63, 3.8) is 0 Å². The molecule has 1 amide bonds. The summed E-state index contributed by atoms with van der Waals surface area (Å²) in [5, 5.41) is 9.00. The molecule has 5 heteroatoms. The quantitative estimate of drug-likeness (QED) is 0.772. The Bertz CT molecular complexity index is 447. The second-order valence-electron chi connectivity index (χ2n) is 3.16. The molecule has 0 aliphatic rings. The van der Waals surface area contributed by atoms with Crippen LogP contribution in [-0.2, 0) is 0 Å². The Morgan fingerprint density at radius 1 is 1.40 bits per heavy atom. The molecular weight excluding hydrogens is 192 g/mol. The third kappa shape index (κ3) is 2.19. The molecule has 2 aromatic rings. The van der Waals surface area contributed by atoms with Gasteiger partial charge in [-0.25, -0.2) is 0 Å². The summed E-state index contributed by atoms with van der Waals surface area (Å²) in [6, 6.07) is 3.53. The number of anilines is 1. The van der Waals surface area contributed by atoms with Crippen LogP contribution in [-0.4, -0.2) is 21.1 Å². The molecule has 0 saturated carbocycles. The van der Waals surface area contributed by atoms with Crippen LogP contribution in [0.4, 0.5) is 5.69 Å². The predicted molar refractivity (Wildman–Crippen MR) is 55.5 cm³/mol. The van der Waals surface area contributed by atoms with Crippen molar-refractivity contribution in [1.29, 1.82) is 0 Å². The van der Waals surface area contributed by atoms with Crippen molar-refractivity contribution in [2.75, 3.05) is 5.32 Å². The molecule has 2 aromatic heterocycles. The number of hydrogen-bond acceptors (Lipinski definition) is 3. The Morgan fingerprint density at radius 3 is 2.87 bits per heavy atom. The smallest absolute Gasteiger partial charge is 0.274 e. The highest BCUT2D eigenvalue weighted by atomic mass is 16.1. The number of hydrogen-bond donors (Lipinski definition) is 2. The topological polar surface area (TPSA) is 70.7 Å². The van der Waals surface area contributed by atoms with Gasteiger partial charge in [0.25, 0.3) is 5.91 Å². The maximum Gasteiger partial charge on any atom is 0.274 e. The van der Waals surface area contributed by atoms with Gasteiger partial charge in [0.15, 0.2) is 0 Å². The Morgan fingerprint density at radius 2 is 2.27 bits per heavy atom. The third-order valence-electron chi connectivity index (χ3n) is 1.90. The minimum absolute atomic E-state index is 0.239. The molecule has 0 aliphatic carbocycles. The summed E-state index contributed by atoms with van der Waals surface area (Å²) in [6.45, 7) is 1.92. The van der Waals surface area contributed by atoms with Crippen LogP contribution in [0.5, 0.6) is 0 Å². The molecule has 0 saturated heterocycles. The summed E-state index contributed by atoms with van der Waals surface area (Å²) in [5.41, 5.74) is 2.04. The van der Waals surface area contributed by atoms with E-state index in [2.05, 4.69) is 20.5 Å². The van der Waals surface area contributed by atoms with Crippen LogP contribution >= 0.6 is 0 Å². The number of rotatable bonds is 2. The standard InChI is InChI=1S/C10H10N4O/c1-7-2-3-9(11-4-7)10(15)14-8-5-12-13-6-8/h2-6H,1H3,(H,12,13)(H,14,15). The molecule has 0 radical (unpaired) electrons. The van der Waals surface area contributed by atoms with E-state index in [-0.39, 0.29) is 5.91 Å². The zero-order valence-corrected chi connectivity index (χ0v) is 8.19. The molecule has 0 unspecified atom stereocenters. The Balaban J connectivity index is 2.11. The van der Waals surface area contributed by atoms with Gasteiger partial charge < -0.3 is 5.32 Å². The fourth-order valence-electron chi connectivity index (χ4n) is 1.12. The monoisotopic (exact) mass is 202 g/mol. The summed E-state index contributed by atoms with van der Waals surface area (Å²) in [5.74, 6) is -0.239. The SMILES string of the molecule is Cc1ccc(C(=O)Nc2cn[nH]c2)nc1. The van der Waals surface area contributed by atoms with Crippen molar-refractivity contribution in [2.24, 2.45) is 0 Å². The Hall–Kier alpha value is -2.17. The summed E-state index contributed by atoms with van der Waals surface area (Å²) < 4.78 is 0. The van der Waals surface area contributed by atoms with Gasteiger partial charge in [-0.1, -0.05) is 6.07 Å². The first-order chi connectivity index (χ1) is 7.25. The average Bonchev–Trinajstić information content (AvgIpc) is 2.71. The summed E-state index contributed by atoms with van der Waals surface area (Å²) in [4.78, 5) is 15.6. The largest absolute Gasteiger partial charge is 0.318 e. The normalized spacial score (nSPS) is 9.93. The molecule has 2 heterocycles. The van der Waals surface area contributed by atoms with E-state index in [9.17, 15) is 4.79 Å². The number of nitrogens with one attached hydrogen (secondary N) is 2. The molecule has 15 heavy (non-hydrogen) atoms. The fraction of sp³-hybridized carbons (Fsp3) is 0.100. The Labute approximate surface area is 86.5 Å². The molecule has 0 spiro atoms. The van der Waals surface area contributed by atoms with Crippen molar-refractivity contribution in [3.8, 4) is 0 Å². The number of pyridine rings is 1. The van der Waals surface area contributed by atoms with Crippen molar-refractivity contribution in [1.82, 2.24) is 15.2 Å². The van der Waals surface area contributed by atoms with E-state index >= 15 is 0 Å². The van der Waals surface area contributed by atoms with E-state index in [4.69, 9.17) is 0 Å². The van der Waals surface area contributed by atoms with Gasteiger partial charge in [0.2, 0.25) is 0 Å². The first kappa shape index (κ1) is 9.39. The summed E-state index contributed by atoms with van der Waals surface area (Å²) >= 11 is 0. The maximum absolute atomic E-state index is 11.6. The van der Waals surface area contributed by atoms with Crippen LogP contribution in [0.3, 0.4) is 0 Å². The fourth-order valence-corrected chi connectivity index (χ4v) is 1.12. The summed E-state index contributed by atoms with van der Waals surface area (Å²) in [7, 11) is 0. The lowest BCUT2D eigenvalue weighted by Gasteiger charge is -2.01. The number of carbonyl (C=O) groups is 1. The molecule has 2 rings (SSSR count). The molecule has 0 atom stereocenters. The molecule has 5 nitrogen and oxygen atoms in total. The van der Waals surface area contributed by atoms with E-state index in [1.807, 2.05) is 13.0 Å². The highest BCUT2D eigenvalue weighted by Crippen LogP contribution is 2.05. The highest BCUT2D eigenvalue weighted by molar-refractivity contribution is 6.02. The predicted octanol–water partition coefficient (Wildman–Crippen LogP) is 1.37. The number of amides is 1. The van der Waals surface area contributed by atoms with Crippen LogP contribution in [0.1, 0.15) is 16.1 Å². The molecular formula is C10H10N4O. The van der Waals surface area contributed by atoms with Crippen molar-refractivity contribution >= 4 is 11.6 Å². The van der Waals surface area contributed by atoms with Gasteiger partial charge >= 0.3 is 0 Å². The van der Waals surface area contributed by atoms with E-state index in [1.165, 1.54) is 6.20 Å². The maximum atomic E-state index is 11.6. The van der Waals surface area contributed by atoms with Gasteiger partial charge in [-0.3, -0.25) is 14.9 Å². The highest BCUT2D eigenvalue weighted by Gasteiger charge is 2.06. The van der Waals surface area contributed by atoms with Gasteiger partial charge in [0, 0.05) is 12.4 Å². The lowest BCUT2D eigenvalue weighted by Crippen LogP contribution is -2.12. The molecule has 76 valence electrons. The number of aromatic nitrogens is 3. The second kappa shape index (κ2) is 3.91. The van der Waals surface area contributed by atoms with Crippen LogP contribution in [0, 0.1) is 6.92 Å². The van der Waals surface area contributed by atoms with E-state index in [0.717, 1.165) is 5.56 Å². The third-order valence-corrected chi connectivity index (χ3v) is 1.90. The van der Waals surface area contributed by atoms with Crippen LogP contribution in [0.25, 0.3) is 0 Å². The first-order valence-electron chi connectivity index (χ1n) is 4.48. The van der Waals surface area contributed by atoms with Crippen molar-refractivity contribution in [2.45, 2.75) is 6.92 Å². The molecule has 0 fully saturated rings. The van der Waals surface area contributed by atoms with E-state index in [1.54, 1.807) is 18.5 Å². The van der Waals surface area contributed by atoms with Gasteiger partial charge in [0.1, 0.15) is 5.69 Å². The number of nitrogens with zero attached hydrogens (tertiary/aromatic N) is 2. The van der Waals surface area contributed by atoms with Crippen molar-refractivity contribution < 1.29 is 4.79 Å².